The highest BCUT2D eigenvalue weighted by molar-refractivity contribution is 6.42. The van der Waals surface area contributed by atoms with Crippen LogP contribution in [0.15, 0.2) is 28.4 Å². The summed E-state index contributed by atoms with van der Waals surface area (Å²) in [6, 6.07) is 1.96. The zero-order chi connectivity index (χ0) is 16.4. The molecule has 0 saturated carbocycles. The van der Waals surface area contributed by atoms with Gasteiger partial charge in [0.25, 0.3) is 0 Å². The van der Waals surface area contributed by atoms with E-state index in [-0.39, 0.29) is 6.61 Å². The second kappa shape index (κ2) is 6.63. The number of aromatic nitrogens is 1. The largest absolute Gasteiger partial charge is 0.637 e. The Hall–Kier alpha value is -1.66. The van der Waals surface area contributed by atoms with Crippen LogP contribution < -0.4 is 5.73 Å². The number of nitrogens with zero attached hydrogens (tertiary/aromatic N) is 2. The van der Waals surface area contributed by atoms with Crippen molar-refractivity contribution in [3.8, 4) is 0 Å². The number of rotatable bonds is 5. The van der Waals surface area contributed by atoms with E-state index >= 15 is 0 Å². The normalized spacial score (nSPS) is 16.7. The minimum absolute atomic E-state index is 0.184. The average Bonchev–Trinajstić information content (AvgIpc) is 2.94. The first kappa shape index (κ1) is 16.7. The van der Waals surface area contributed by atoms with Crippen LogP contribution in [0.1, 0.15) is 37.7 Å². The molecule has 0 saturated heterocycles. The molecule has 0 atom stereocenters. The lowest BCUT2D eigenvalue weighted by molar-refractivity contribution is 0.291. The number of allylic oxidation sites excluding steroid dienone is 3. The second-order valence-electron chi connectivity index (χ2n) is 5.69. The number of hydrogen-bond acceptors (Lipinski definition) is 3. The Balaban J connectivity index is 2.52. The molecule has 0 amide bonds. The molecule has 1 aromatic heterocycles. The second-order valence-corrected chi connectivity index (χ2v) is 5.69. The molecule has 0 radical (unpaired) electrons. The van der Waals surface area contributed by atoms with Gasteiger partial charge in [0.2, 0.25) is 0 Å². The topological polar surface area (TPSA) is 52.5 Å². The summed E-state index contributed by atoms with van der Waals surface area (Å²) in [4.78, 5) is 4.57. The van der Waals surface area contributed by atoms with Gasteiger partial charge in [0, 0.05) is 30.3 Å². The van der Waals surface area contributed by atoms with E-state index in [0.717, 1.165) is 39.5 Å². The van der Waals surface area contributed by atoms with Crippen molar-refractivity contribution >= 4 is 18.6 Å². The van der Waals surface area contributed by atoms with Gasteiger partial charge in [0.15, 0.2) is 0 Å². The van der Waals surface area contributed by atoms with E-state index in [1.54, 1.807) is 4.48 Å². The minimum atomic E-state index is -1.54. The number of aryl methyl sites for hydroxylation is 2. The van der Waals surface area contributed by atoms with Crippen LogP contribution >= 0.6 is 0 Å². The van der Waals surface area contributed by atoms with Gasteiger partial charge in [-0.1, -0.05) is 0 Å². The van der Waals surface area contributed by atoms with Crippen LogP contribution in [0.3, 0.4) is 0 Å². The van der Waals surface area contributed by atoms with E-state index in [9.17, 15) is 4.32 Å². The fraction of sp³-hybridized carbons (Fsp3) is 0.438. The van der Waals surface area contributed by atoms with Crippen molar-refractivity contribution < 1.29 is 8.97 Å². The molecule has 2 heterocycles. The van der Waals surface area contributed by atoms with Crippen LogP contribution in [0.5, 0.6) is 0 Å². The van der Waals surface area contributed by atoms with Crippen molar-refractivity contribution in [2.75, 3.05) is 13.2 Å². The SMILES string of the molecule is CC1=CC(C)=N/C1=C(/C)c1c(C)cc(C)n1B(F)OCCN. The average molecular weight is 303 g/mol. The van der Waals surface area contributed by atoms with Crippen LogP contribution in [0.4, 0.5) is 4.32 Å². The van der Waals surface area contributed by atoms with Crippen molar-refractivity contribution in [1.29, 1.82) is 0 Å². The molecule has 0 bridgehead atoms. The third-order valence-electron chi connectivity index (χ3n) is 3.79. The number of hydrogen-bond donors (Lipinski definition) is 1. The molecule has 4 nitrogen and oxygen atoms in total. The Labute approximate surface area is 131 Å². The quantitative estimate of drug-likeness (QED) is 0.850. The van der Waals surface area contributed by atoms with Crippen molar-refractivity contribution in [2.45, 2.75) is 34.6 Å². The molecule has 0 fully saturated rings. The highest BCUT2D eigenvalue weighted by Gasteiger charge is 2.27. The summed E-state index contributed by atoms with van der Waals surface area (Å²) in [5, 5.41) is 0. The Bertz CT molecular complexity index is 673. The molecule has 1 aliphatic rings. The third-order valence-corrected chi connectivity index (χ3v) is 3.79. The first-order chi connectivity index (χ1) is 10.4. The summed E-state index contributed by atoms with van der Waals surface area (Å²) in [5.74, 6) is 0. The Kier molecular flexibility index (Phi) is 5.03. The van der Waals surface area contributed by atoms with Crippen LogP contribution in [0.25, 0.3) is 5.57 Å². The van der Waals surface area contributed by atoms with E-state index in [0.29, 0.717) is 6.54 Å². The van der Waals surface area contributed by atoms with Gasteiger partial charge in [-0.2, -0.15) is 0 Å². The highest BCUT2D eigenvalue weighted by Crippen LogP contribution is 2.31. The summed E-state index contributed by atoms with van der Waals surface area (Å²) >= 11 is 0. The van der Waals surface area contributed by atoms with Gasteiger partial charge in [-0.15, -0.1) is 0 Å². The van der Waals surface area contributed by atoms with Crippen molar-refractivity contribution in [3.05, 3.63) is 40.4 Å². The first-order valence-electron chi connectivity index (χ1n) is 7.46. The Morgan fingerprint density at radius 3 is 2.59 bits per heavy atom. The lowest BCUT2D eigenvalue weighted by Crippen LogP contribution is -2.28. The standard InChI is InChI=1S/C16H23BFN3O/c1-10-8-12(3)20-15(10)14(5)16-11(2)9-13(4)21(16)17(18)22-7-6-19/h8-9H,6-7,19H2,1-5H3/b15-14-. The number of aliphatic imine (C=N–C) groups is 1. The van der Waals surface area contributed by atoms with Crippen molar-refractivity contribution in [1.82, 2.24) is 4.48 Å². The predicted molar refractivity (Wildman–Crippen MR) is 90.6 cm³/mol. The maximum Gasteiger partial charge on any atom is 0.637 e. The molecular weight excluding hydrogens is 280 g/mol. The predicted octanol–water partition coefficient (Wildman–Crippen LogP) is 3.03. The number of halogens is 1. The molecule has 0 unspecified atom stereocenters. The van der Waals surface area contributed by atoms with Gasteiger partial charge in [0.1, 0.15) is 0 Å². The fourth-order valence-electron chi connectivity index (χ4n) is 2.97. The van der Waals surface area contributed by atoms with Crippen LogP contribution in [0, 0.1) is 13.8 Å². The van der Waals surface area contributed by atoms with E-state index in [2.05, 4.69) is 4.99 Å². The van der Waals surface area contributed by atoms with Gasteiger partial charge in [0.05, 0.1) is 5.70 Å². The smallest absolute Gasteiger partial charge is 0.387 e. The highest BCUT2D eigenvalue weighted by atomic mass is 19.1. The molecule has 1 aromatic rings. The summed E-state index contributed by atoms with van der Waals surface area (Å²) < 4.78 is 21.2. The van der Waals surface area contributed by atoms with Gasteiger partial charge < -0.3 is 14.9 Å². The van der Waals surface area contributed by atoms with Crippen molar-refractivity contribution in [3.63, 3.8) is 0 Å². The van der Waals surface area contributed by atoms with Crippen molar-refractivity contribution in [2.24, 2.45) is 10.7 Å². The lowest BCUT2D eigenvalue weighted by Gasteiger charge is -2.16. The van der Waals surface area contributed by atoms with Gasteiger partial charge in [-0.3, -0.25) is 9.31 Å². The molecule has 0 aromatic carbocycles. The van der Waals surface area contributed by atoms with E-state index in [1.165, 1.54) is 0 Å². The van der Waals surface area contributed by atoms with Crippen LogP contribution in [0.2, 0.25) is 0 Å². The minimum Gasteiger partial charge on any atom is -0.387 e. The fourth-order valence-corrected chi connectivity index (χ4v) is 2.97. The molecular formula is C16H23BFN3O. The summed E-state index contributed by atoms with van der Waals surface area (Å²) in [5.41, 5.74) is 12.0. The molecule has 118 valence electrons. The third kappa shape index (κ3) is 3.08. The monoisotopic (exact) mass is 303 g/mol. The van der Waals surface area contributed by atoms with E-state index in [4.69, 9.17) is 10.4 Å². The molecule has 22 heavy (non-hydrogen) atoms. The molecule has 0 spiro atoms. The Morgan fingerprint density at radius 1 is 1.36 bits per heavy atom. The van der Waals surface area contributed by atoms with Crippen LogP contribution in [-0.2, 0) is 4.65 Å². The summed E-state index contributed by atoms with van der Waals surface area (Å²) in [6.07, 6.45) is 2.03. The van der Waals surface area contributed by atoms with E-state index < -0.39 is 7.33 Å². The Morgan fingerprint density at radius 2 is 2.05 bits per heavy atom. The lowest BCUT2D eigenvalue weighted by atomic mass is 10.0. The molecule has 2 N–H and O–H groups in total. The van der Waals surface area contributed by atoms with Crippen LogP contribution in [-0.4, -0.2) is 30.7 Å². The molecule has 6 heteroatoms. The molecule has 2 rings (SSSR count). The zero-order valence-electron chi connectivity index (χ0n) is 13.9. The van der Waals surface area contributed by atoms with E-state index in [1.807, 2.05) is 46.8 Å². The maximum absolute atomic E-state index is 14.5. The number of nitrogens with two attached hydrogens (primary N) is 1. The zero-order valence-corrected chi connectivity index (χ0v) is 13.9. The first-order valence-corrected chi connectivity index (χ1v) is 7.46. The maximum atomic E-state index is 14.5. The van der Waals surface area contributed by atoms with Gasteiger partial charge in [-0.25, -0.2) is 0 Å². The molecule has 0 aliphatic carbocycles. The van der Waals surface area contributed by atoms with Gasteiger partial charge >= 0.3 is 7.33 Å². The summed E-state index contributed by atoms with van der Waals surface area (Å²) in [7, 11) is -1.54. The van der Waals surface area contributed by atoms with Gasteiger partial charge in [-0.05, 0) is 63.5 Å². The molecule has 1 aliphatic heterocycles. The summed E-state index contributed by atoms with van der Waals surface area (Å²) in [6.45, 7) is 10.3.